The van der Waals surface area contributed by atoms with E-state index < -0.39 is 0 Å². The van der Waals surface area contributed by atoms with Gasteiger partial charge in [-0.25, -0.2) is 0 Å². The van der Waals surface area contributed by atoms with Gasteiger partial charge in [0.05, 0.1) is 6.61 Å². The van der Waals surface area contributed by atoms with Gasteiger partial charge < -0.3 is 5.11 Å². The molecular weight excluding hydrogens is 234 g/mol. The van der Waals surface area contributed by atoms with Crippen molar-refractivity contribution in [2.45, 2.75) is 53.5 Å². The number of aliphatic hydroxyl groups is 1. The number of nitrogens with zero attached hydrogens (tertiary/aromatic N) is 1. The summed E-state index contributed by atoms with van der Waals surface area (Å²) >= 11 is 0. The van der Waals surface area contributed by atoms with E-state index in [1.807, 2.05) is 0 Å². The van der Waals surface area contributed by atoms with Crippen LogP contribution in [-0.4, -0.2) is 29.7 Å². The number of hydrogen-bond acceptors (Lipinski definition) is 2. The predicted octanol–water partition coefficient (Wildman–Crippen LogP) is 3.42. The molecule has 0 radical (unpaired) electrons. The maximum atomic E-state index is 9.09. The highest BCUT2D eigenvalue weighted by Crippen LogP contribution is 2.27. The van der Waals surface area contributed by atoms with Gasteiger partial charge in [0.2, 0.25) is 0 Å². The molecule has 0 aromatic heterocycles. The monoisotopic (exact) mass is 263 g/mol. The first-order valence-corrected chi connectivity index (χ1v) is 7.23. The highest BCUT2D eigenvalue weighted by atomic mass is 16.3. The Balaban J connectivity index is 3.03. The zero-order chi connectivity index (χ0) is 14.6. The minimum atomic E-state index is 0.198. The summed E-state index contributed by atoms with van der Waals surface area (Å²) in [4.78, 5) is 2.28. The van der Waals surface area contributed by atoms with E-state index in [9.17, 15) is 0 Å². The van der Waals surface area contributed by atoms with Crippen LogP contribution in [-0.2, 0) is 12.0 Å². The van der Waals surface area contributed by atoms with Gasteiger partial charge in [-0.05, 0) is 48.1 Å². The van der Waals surface area contributed by atoms with Gasteiger partial charge in [-0.3, -0.25) is 4.90 Å². The van der Waals surface area contributed by atoms with E-state index in [1.165, 1.54) is 22.3 Å². The van der Waals surface area contributed by atoms with Gasteiger partial charge in [-0.1, -0.05) is 39.8 Å². The second-order valence-corrected chi connectivity index (χ2v) is 6.43. The van der Waals surface area contributed by atoms with Crippen molar-refractivity contribution in [3.63, 3.8) is 0 Å². The third-order valence-electron chi connectivity index (χ3n) is 3.81. The highest BCUT2D eigenvalue weighted by Gasteiger charge is 2.17. The Morgan fingerprint density at radius 3 is 2.00 bits per heavy atom. The van der Waals surface area contributed by atoms with E-state index in [4.69, 9.17) is 5.11 Å². The molecule has 19 heavy (non-hydrogen) atoms. The van der Waals surface area contributed by atoms with E-state index in [2.05, 4.69) is 58.6 Å². The van der Waals surface area contributed by atoms with Gasteiger partial charge in [-0.2, -0.15) is 0 Å². The van der Waals surface area contributed by atoms with Crippen molar-refractivity contribution >= 4 is 0 Å². The lowest BCUT2D eigenvalue weighted by molar-refractivity contribution is 0.196. The summed E-state index contributed by atoms with van der Waals surface area (Å²) in [6, 6.07) is 4.63. The lowest BCUT2D eigenvalue weighted by Gasteiger charge is -2.25. The summed E-state index contributed by atoms with van der Waals surface area (Å²) in [5.41, 5.74) is 5.73. The van der Waals surface area contributed by atoms with Crippen LogP contribution >= 0.6 is 0 Å². The quantitative estimate of drug-likeness (QED) is 0.880. The second-order valence-electron chi connectivity index (χ2n) is 6.43. The molecule has 0 unspecified atom stereocenters. The Hall–Kier alpha value is -0.860. The van der Waals surface area contributed by atoms with Crippen LogP contribution in [0.25, 0.3) is 0 Å². The number of aliphatic hydroxyl groups excluding tert-OH is 1. The molecule has 0 atom stereocenters. The predicted molar refractivity (Wildman–Crippen MR) is 82.7 cm³/mol. The summed E-state index contributed by atoms with van der Waals surface area (Å²) in [7, 11) is 0. The zero-order valence-corrected chi connectivity index (χ0v) is 13.4. The normalized spacial score (nSPS) is 12.2. The maximum Gasteiger partial charge on any atom is 0.0558 e. The fourth-order valence-electron chi connectivity index (χ4n) is 2.39. The zero-order valence-electron chi connectivity index (χ0n) is 13.4. The molecule has 0 saturated carbocycles. The molecule has 0 amide bonds. The molecule has 2 nitrogen and oxygen atoms in total. The number of aryl methyl sites for hydroxylation is 2. The van der Waals surface area contributed by atoms with Crippen molar-refractivity contribution in [2.24, 2.45) is 0 Å². The van der Waals surface area contributed by atoms with Crippen LogP contribution in [0.3, 0.4) is 0 Å². The molecule has 0 aliphatic rings. The summed E-state index contributed by atoms with van der Waals surface area (Å²) in [5, 5.41) is 9.09. The van der Waals surface area contributed by atoms with Crippen LogP contribution in [0.2, 0.25) is 0 Å². The van der Waals surface area contributed by atoms with Gasteiger partial charge in [0.1, 0.15) is 0 Å². The molecule has 108 valence electrons. The van der Waals surface area contributed by atoms with Crippen LogP contribution in [0.5, 0.6) is 0 Å². The Morgan fingerprint density at radius 2 is 1.63 bits per heavy atom. The molecule has 0 fully saturated rings. The topological polar surface area (TPSA) is 23.5 Å². The van der Waals surface area contributed by atoms with Crippen molar-refractivity contribution in [1.29, 1.82) is 0 Å². The van der Waals surface area contributed by atoms with Gasteiger partial charge >= 0.3 is 0 Å². The van der Waals surface area contributed by atoms with Crippen molar-refractivity contribution in [1.82, 2.24) is 4.90 Å². The minimum absolute atomic E-state index is 0.198. The first kappa shape index (κ1) is 16.2. The van der Waals surface area contributed by atoms with Crippen molar-refractivity contribution in [2.75, 3.05) is 19.7 Å². The third-order valence-corrected chi connectivity index (χ3v) is 3.81. The Kier molecular flexibility index (Phi) is 5.57. The van der Waals surface area contributed by atoms with Crippen molar-refractivity contribution in [3.05, 3.63) is 34.4 Å². The molecule has 0 bridgehead atoms. The summed E-state index contributed by atoms with van der Waals surface area (Å²) < 4.78 is 0. The summed E-state index contributed by atoms with van der Waals surface area (Å²) in [5.74, 6) is 0. The molecule has 1 aromatic rings. The van der Waals surface area contributed by atoms with E-state index in [-0.39, 0.29) is 12.0 Å². The minimum Gasteiger partial charge on any atom is -0.395 e. The Labute approximate surface area is 118 Å². The summed E-state index contributed by atoms with van der Waals surface area (Å²) in [6.45, 7) is 16.2. The molecule has 2 heteroatoms. The van der Waals surface area contributed by atoms with Crippen molar-refractivity contribution in [3.8, 4) is 0 Å². The SMILES string of the molecule is CCN(CCO)Cc1c(C)cc(C(C)(C)C)cc1C. The standard InChI is InChI=1S/C17H29NO/c1-7-18(8-9-19)12-16-13(2)10-15(11-14(16)3)17(4,5)6/h10-11,19H,7-9,12H2,1-6H3. The largest absolute Gasteiger partial charge is 0.395 e. The van der Waals surface area contributed by atoms with Crippen LogP contribution in [0.15, 0.2) is 12.1 Å². The smallest absolute Gasteiger partial charge is 0.0558 e. The molecule has 0 saturated heterocycles. The molecule has 1 rings (SSSR count). The molecular formula is C17H29NO. The molecule has 0 heterocycles. The van der Waals surface area contributed by atoms with E-state index in [1.54, 1.807) is 0 Å². The average molecular weight is 263 g/mol. The van der Waals surface area contributed by atoms with Gasteiger partial charge in [-0.15, -0.1) is 0 Å². The summed E-state index contributed by atoms with van der Waals surface area (Å²) in [6.07, 6.45) is 0. The number of hydrogen-bond donors (Lipinski definition) is 1. The fraction of sp³-hybridized carbons (Fsp3) is 0.647. The molecule has 1 N–H and O–H groups in total. The van der Waals surface area contributed by atoms with Crippen molar-refractivity contribution < 1.29 is 5.11 Å². The maximum absolute atomic E-state index is 9.09. The van der Waals surface area contributed by atoms with E-state index >= 15 is 0 Å². The number of likely N-dealkylation sites (N-methyl/N-ethyl adjacent to an activating group) is 1. The van der Waals surface area contributed by atoms with Crippen LogP contribution < -0.4 is 0 Å². The van der Waals surface area contributed by atoms with Crippen LogP contribution in [0.4, 0.5) is 0 Å². The molecule has 0 spiro atoms. The third kappa shape index (κ3) is 4.32. The van der Waals surface area contributed by atoms with E-state index in [0.717, 1.165) is 19.6 Å². The van der Waals surface area contributed by atoms with Crippen LogP contribution in [0.1, 0.15) is 49.9 Å². The molecule has 0 aliphatic carbocycles. The van der Waals surface area contributed by atoms with Gasteiger partial charge in [0, 0.05) is 13.1 Å². The second kappa shape index (κ2) is 6.53. The lowest BCUT2D eigenvalue weighted by Crippen LogP contribution is -2.27. The Bertz CT molecular complexity index is 395. The lowest BCUT2D eigenvalue weighted by atomic mass is 9.84. The molecule has 1 aromatic carbocycles. The van der Waals surface area contributed by atoms with E-state index in [0.29, 0.717) is 0 Å². The van der Waals surface area contributed by atoms with Gasteiger partial charge in [0.25, 0.3) is 0 Å². The number of rotatable bonds is 5. The highest BCUT2D eigenvalue weighted by molar-refractivity contribution is 5.40. The fourth-order valence-corrected chi connectivity index (χ4v) is 2.39. The van der Waals surface area contributed by atoms with Gasteiger partial charge in [0.15, 0.2) is 0 Å². The first-order chi connectivity index (χ1) is 8.79. The van der Waals surface area contributed by atoms with Crippen LogP contribution in [0, 0.1) is 13.8 Å². The number of benzene rings is 1. The average Bonchev–Trinajstić information content (AvgIpc) is 2.30. The molecule has 0 aliphatic heterocycles. The first-order valence-electron chi connectivity index (χ1n) is 7.23. The Morgan fingerprint density at radius 1 is 1.11 bits per heavy atom.